The van der Waals surface area contributed by atoms with Gasteiger partial charge in [-0.25, -0.2) is 0 Å². The Morgan fingerprint density at radius 3 is 2.23 bits per heavy atom. The monoisotopic (exact) mass is 429 g/mol. The molecule has 166 valence electrons. The molecule has 3 atom stereocenters. The van der Waals surface area contributed by atoms with E-state index in [4.69, 9.17) is 28.4 Å². The van der Waals surface area contributed by atoms with Crippen LogP contribution in [0.2, 0.25) is 0 Å². The number of phenols is 1. The summed E-state index contributed by atoms with van der Waals surface area (Å²) in [5, 5.41) is 10.4. The smallest absolute Gasteiger partial charge is 0.231 e. The summed E-state index contributed by atoms with van der Waals surface area (Å²) in [6, 6.07) is 7.66. The van der Waals surface area contributed by atoms with E-state index in [1.54, 1.807) is 0 Å². The van der Waals surface area contributed by atoms with Crippen molar-refractivity contribution in [2.24, 2.45) is 5.92 Å². The summed E-state index contributed by atoms with van der Waals surface area (Å²) >= 11 is 0. The van der Waals surface area contributed by atoms with E-state index in [9.17, 15) is 5.11 Å². The molecule has 2 aromatic rings. The Morgan fingerprint density at radius 1 is 0.935 bits per heavy atom. The fraction of sp³-hybridized carbons (Fsp3) is 0.478. The number of fused-ring (bicyclic) bond motifs is 2. The maximum absolute atomic E-state index is 10.4. The van der Waals surface area contributed by atoms with Crippen LogP contribution in [0.3, 0.4) is 0 Å². The van der Waals surface area contributed by atoms with Gasteiger partial charge in [-0.2, -0.15) is 0 Å². The van der Waals surface area contributed by atoms with Gasteiger partial charge in [0.25, 0.3) is 0 Å². The van der Waals surface area contributed by atoms with Crippen LogP contribution in [0.1, 0.15) is 24.0 Å². The average Bonchev–Trinajstić information content (AvgIpc) is 3.25. The molecule has 8 nitrogen and oxygen atoms in total. The van der Waals surface area contributed by atoms with Gasteiger partial charge in [0.2, 0.25) is 12.5 Å². The van der Waals surface area contributed by atoms with E-state index in [-0.39, 0.29) is 30.6 Å². The van der Waals surface area contributed by atoms with Crippen molar-refractivity contribution in [3.8, 4) is 34.5 Å². The maximum Gasteiger partial charge on any atom is 0.231 e. The van der Waals surface area contributed by atoms with Gasteiger partial charge in [0.05, 0.1) is 27.4 Å². The highest BCUT2D eigenvalue weighted by Gasteiger charge is 2.41. The van der Waals surface area contributed by atoms with Crippen LogP contribution in [-0.4, -0.2) is 63.6 Å². The lowest BCUT2D eigenvalue weighted by atomic mass is 9.77. The summed E-state index contributed by atoms with van der Waals surface area (Å²) in [4.78, 5) is 2.32. The molecular weight excluding hydrogens is 402 g/mol. The van der Waals surface area contributed by atoms with Gasteiger partial charge >= 0.3 is 0 Å². The van der Waals surface area contributed by atoms with Crippen molar-refractivity contribution < 1.29 is 33.5 Å². The molecule has 8 heteroatoms. The number of hydrogen-bond donors (Lipinski definition) is 1. The van der Waals surface area contributed by atoms with E-state index in [1.807, 2.05) is 24.3 Å². The fourth-order valence-electron chi connectivity index (χ4n) is 4.78. The van der Waals surface area contributed by atoms with Crippen molar-refractivity contribution in [2.45, 2.75) is 19.1 Å². The van der Waals surface area contributed by atoms with Crippen molar-refractivity contribution in [2.75, 3.05) is 47.3 Å². The third-order valence-corrected chi connectivity index (χ3v) is 6.33. The normalized spacial score (nSPS) is 24.9. The number of hydrogen-bond acceptors (Lipinski definition) is 8. The van der Waals surface area contributed by atoms with Crippen molar-refractivity contribution in [1.82, 2.24) is 4.90 Å². The molecule has 0 amide bonds. The molecule has 3 heterocycles. The topological polar surface area (TPSA) is 78.9 Å². The number of nitrogens with zero attached hydrogens (tertiary/aromatic N) is 1. The van der Waals surface area contributed by atoms with E-state index < -0.39 is 0 Å². The van der Waals surface area contributed by atoms with E-state index in [0.717, 1.165) is 30.0 Å². The van der Waals surface area contributed by atoms with Crippen LogP contribution in [0.5, 0.6) is 34.5 Å². The highest BCUT2D eigenvalue weighted by molar-refractivity contribution is 5.59. The lowest BCUT2D eigenvalue weighted by Gasteiger charge is -2.44. The molecule has 0 spiro atoms. The Labute approximate surface area is 181 Å². The van der Waals surface area contributed by atoms with Crippen LogP contribution in [0.4, 0.5) is 0 Å². The minimum absolute atomic E-state index is 0.0101. The Kier molecular flexibility index (Phi) is 5.19. The van der Waals surface area contributed by atoms with Gasteiger partial charge in [-0.05, 0) is 23.8 Å². The molecule has 0 saturated carbocycles. The molecule has 2 aromatic carbocycles. The van der Waals surface area contributed by atoms with E-state index in [2.05, 4.69) is 11.8 Å². The average molecular weight is 429 g/mol. The van der Waals surface area contributed by atoms with Crippen LogP contribution >= 0.6 is 0 Å². The molecule has 3 aliphatic rings. The second-order valence-corrected chi connectivity index (χ2v) is 8.01. The molecule has 0 radical (unpaired) electrons. The van der Waals surface area contributed by atoms with Gasteiger partial charge in [-0.15, -0.1) is 0 Å². The van der Waals surface area contributed by atoms with Crippen LogP contribution < -0.4 is 23.7 Å². The first-order chi connectivity index (χ1) is 15.1. The summed E-state index contributed by atoms with van der Waals surface area (Å²) < 4.78 is 34.2. The van der Waals surface area contributed by atoms with Crippen molar-refractivity contribution in [1.29, 1.82) is 0 Å². The molecule has 31 heavy (non-hydrogen) atoms. The molecule has 0 unspecified atom stereocenters. The SMILES string of the molecule is COc1cc([C@H]2c3cc4c(cc3O[C@H](N3CCOCC3)[C@@H]2C)OCO4)cc(OC)c1O. The zero-order valence-electron chi connectivity index (χ0n) is 17.9. The first kappa shape index (κ1) is 20.1. The quantitative estimate of drug-likeness (QED) is 0.795. The van der Waals surface area contributed by atoms with Gasteiger partial charge in [-0.3, -0.25) is 4.90 Å². The van der Waals surface area contributed by atoms with Crippen LogP contribution in [0.15, 0.2) is 24.3 Å². The van der Waals surface area contributed by atoms with Gasteiger partial charge in [-0.1, -0.05) is 6.92 Å². The molecule has 1 N–H and O–H groups in total. The molecular formula is C23H27NO7. The van der Waals surface area contributed by atoms with Gasteiger partial charge in [0.1, 0.15) is 5.75 Å². The van der Waals surface area contributed by atoms with Crippen molar-refractivity contribution in [3.05, 3.63) is 35.4 Å². The molecule has 1 saturated heterocycles. The van der Waals surface area contributed by atoms with Crippen LogP contribution in [0, 0.1) is 5.92 Å². The minimum atomic E-state index is -0.132. The van der Waals surface area contributed by atoms with E-state index >= 15 is 0 Å². The number of phenolic OH excluding ortho intramolecular Hbond substituents is 1. The summed E-state index contributed by atoms with van der Waals surface area (Å²) in [6.07, 6.45) is -0.132. The number of rotatable bonds is 4. The molecule has 0 aliphatic carbocycles. The summed E-state index contributed by atoms with van der Waals surface area (Å²) in [7, 11) is 3.07. The molecule has 3 aliphatic heterocycles. The summed E-state index contributed by atoms with van der Waals surface area (Å²) in [5.41, 5.74) is 1.98. The molecule has 5 rings (SSSR count). The van der Waals surface area contributed by atoms with Crippen molar-refractivity contribution >= 4 is 0 Å². The Morgan fingerprint density at radius 2 is 1.58 bits per heavy atom. The lowest BCUT2D eigenvalue weighted by Crippen LogP contribution is -2.52. The standard InChI is InChI=1S/C23H27NO7/c1-13-21(14-8-19(26-2)22(25)20(9-14)27-3)15-10-17-18(30-12-29-17)11-16(15)31-23(13)24-4-6-28-7-5-24/h8-11,13,21,23,25H,4-7,12H2,1-3H3/t13-,21+,23+/m1/s1. The largest absolute Gasteiger partial charge is 0.502 e. The Balaban J connectivity index is 1.64. The van der Waals surface area contributed by atoms with Gasteiger partial charge in [0.15, 0.2) is 29.2 Å². The van der Waals surface area contributed by atoms with Crippen molar-refractivity contribution in [3.63, 3.8) is 0 Å². The van der Waals surface area contributed by atoms with Gasteiger partial charge < -0.3 is 33.5 Å². The van der Waals surface area contributed by atoms with E-state index in [1.165, 1.54) is 14.2 Å². The number of methoxy groups -OCH3 is 2. The predicted molar refractivity (Wildman–Crippen MR) is 112 cm³/mol. The second kappa shape index (κ2) is 8.01. The third kappa shape index (κ3) is 3.40. The first-order valence-electron chi connectivity index (χ1n) is 10.5. The highest BCUT2D eigenvalue weighted by Crippen LogP contribution is 2.51. The van der Waals surface area contributed by atoms with Crippen LogP contribution in [-0.2, 0) is 4.74 Å². The molecule has 1 fully saturated rings. The minimum Gasteiger partial charge on any atom is -0.502 e. The summed E-state index contributed by atoms with van der Waals surface area (Å²) in [6.45, 7) is 5.38. The number of aromatic hydroxyl groups is 1. The maximum atomic E-state index is 10.4. The zero-order valence-corrected chi connectivity index (χ0v) is 17.9. The number of ether oxygens (including phenoxy) is 6. The van der Waals surface area contributed by atoms with Crippen LogP contribution in [0.25, 0.3) is 0 Å². The molecule has 0 bridgehead atoms. The number of morpholine rings is 1. The lowest BCUT2D eigenvalue weighted by molar-refractivity contribution is -0.0784. The predicted octanol–water partition coefficient (Wildman–Crippen LogP) is 2.96. The zero-order chi connectivity index (χ0) is 21.5. The first-order valence-corrected chi connectivity index (χ1v) is 10.5. The third-order valence-electron chi connectivity index (χ3n) is 6.33. The Hall–Kier alpha value is -2.84. The second-order valence-electron chi connectivity index (χ2n) is 8.01. The fourth-order valence-corrected chi connectivity index (χ4v) is 4.78. The Bertz CT molecular complexity index is 948. The summed E-state index contributed by atoms with van der Waals surface area (Å²) in [5.74, 6) is 2.98. The highest BCUT2D eigenvalue weighted by atomic mass is 16.7. The number of benzene rings is 2. The molecule has 0 aromatic heterocycles. The van der Waals surface area contributed by atoms with Gasteiger partial charge in [0, 0.05) is 36.6 Å². The van der Waals surface area contributed by atoms with E-state index in [0.29, 0.717) is 36.2 Å².